The summed E-state index contributed by atoms with van der Waals surface area (Å²) < 4.78 is 0. The molecule has 1 aromatic rings. The summed E-state index contributed by atoms with van der Waals surface area (Å²) in [7, 11) is 0. The smallest absolute Gasteiger partial charge is 0.274 e. The van der Waals surface area contributed by atoms with Crippen molar-refractivity contribution in [3.8, 4) is 0 Å². The zero-order chi connectivity index (χ0) is 12.7. The van der Waals surface area contributed by atoms with Crippen LogP contribution >= 0.6 is 0 Å². The maximum Gasteiger partial charge on any atom is 0.274 e. The lowest BCUT2D eigenvalue weighted by Gasteiger charge is -2.08. The zero-order valence-corrected chi connectivity index (χ0v) is 9.59. The van der Waals surface area contributed by atoms with Crippen LogP contribution in [-0.4, -0.2) is 40.8 Å². The van der Waals surface area contributed by atoms with E-state index < -0.39 is 4.92 Å². The minimum Gasteiger partial charge on any atom is -0.392 e. The second-order valence-electron chi connectivity index (χ2n) is 3.64. The molecule has 0 spiro atoms. The third-order valence-electron chi connectivity index (χ3n) is 2.00. The van der Waals surface area contributed by atoms with Gasteiger partial charge in [-0.1, -0.05) is 0 Å². The van der Waals surface area contributed by atoms with Gasteiger partial charge in [0, 0.05) is 31.9 Å². The molecule has 0 amide bonds. The molecule has 1 aromatic heterocycles. The minimum absolute atomic E-state index is 0.0134. The number of nitrogens with zero attached hydrogens (tertiary/aromatic N) is 2. The summed E-state index contributed by atoms with van der Waals surface area (Å²) >= 11 is 0. The Morgan fingerprint density at radius 1 is 1.59 bits per heavy atom. The molecule has 3 N–H and O–H groups in total. The Bertz CT molecular complexity index is 370. The van der Waals surface area contributed by atoms with Gasteiger partial charge in [-0.15, -0.1) is 0 Å². The molecule has 0 bridgehead atoms. The Morgan fingerprint density at radius 2 is 2.35 bits per heavy atom. The predicted molar refractivity (Wildman–Crippen MR) is 63.9 cm³/mol. The van der Waals surface area contributed by atoms with Crippen LogP contribution in [0.3, 0.4) is 0 Å². The second kappa shape index (κ2) is 6.77. The van der Waals surface area contributed by atoms with Gasteiger partial charge < -0.3 is 15.7 Å². The fourth-order valence-electron chi connectivity index (χ4n) is 1.22. The lowest BCUT2D eigenvalue weighted by molar-refractivity contribution is -0.384. The summed E-state index contributed by atoms with van der Waals surface area (Å²) in [6, 6.07) is 2.73. The zero-order valence-electron chi connectivity index (χ0n) is 9.59. The van der Waals surface area contributed by atoms with Crippen LogP contribution in [0.2, 0.25) is 0 Å². The molecule has 7 nitrogen and oxygen atoms in total. The average molecular weight is 240 g/mol. The van der Waals surface area contributed by atoms with Gasteiger partial charge in [0.05, 0.1) is 17.1 Å². The molecule has 0 aromatic carbocycles. The van der Waals surface area contributed by atoms with Gasteiger partial charge in [0.1, 0.15) is 5.82 Å². The summed E-state index contributed by atoms with van der Waals surface area (Å²) in [5, 5.41) is 25.5. The van der Waals surface area contributed by atoms with Crippen molar-refractivity contribution < 1.29 is 10.0 Å². The van der Waals surface area contributed by atoms with Crippen LogP contribution in [0, 0.1) is 10.1 Å². The van der Waals surface area contributed by atoms with Crippen LogP contribution in [0.4, 0.5) is 11.5 Å². The van der Waals surface area contributed by atoms with Gasteiger partial charge >= 0.3 is 0 Å². The highest BCUT2D eigenvalue weighted by molar-refractivity contribution is 5.44. The molecule has 1 rings (SSSR count). The van der Waals surface area contributed by atoms with Crippen molar-refractivity contribution in [2.24, 2.45) is 0 Å². The highest BCUT2D eigenvalue weighted by Gasteiger charge is 2.05. The molecule has 94 valence electrons. The van der Waals surface area contributed by atoms with Gasteiger partial charge in [-0.3, -0.25) is 10.1 Å². The van der Waals surface area contributed by atoms with Crippen LogP contribution in [0.1, 0.15) is 6.92 Å². The molecule has 1 unspecified atom stereocenters. The number of pyridine rings is 1. The molecule has 0 saturated carbocycles. The molecular formula is C10H16N4O3. The van der Waals surface area contributed by atoms with Crippen molar-refractivity contribution in [2.45, 2.75) is 13.0 Å². The van der Waals surface area contributed by atoms with Crippen molar-refractivity contribution in [3.63, 3.8) is 0 Å². The third-order valence-corrected chi connectivity index (χ3v) is 2.00. The number of aromatic nitrogens is 1. The van der Waals surface area contributed by atoms with E-state index in [9.17, 15) is 10.1 Å². The highest BCUT2D eigenvalue weighted by atomic mass is 16.6. The summed E-state index contributed by atoms with van der Waals surface area (Å²) in [6.45, 7) is 3.45. The van der Waals surface area contributed by atoms with Crippen molar-refractivity contribution >= 4 is 11.5 Å². The molecule has 0 aliphatic carbocycles. The summed E-state index contributed by atoms with van der Waals surface area (Å²) in [4.78, 5) is 14.0. The van der Waals surface area contributed by atoms with E-state index in [0.717, 1.165) is 0 Å². The van der Waals surface area contributed by atoms with Crippen LogP contribution in [0.5, 0.6) is 0 Å². The summed E-state index contributed by atoms with van der Waals surface area (Å²) in [5.41, 5.74) is 0.0134. The van der Waals surface area contributed by atoms with Gasteiger partial charge in [-0.05, 0) is 6.92 Å². The van der Waals surface area contributed by atoms with Gasteiger partial charge in [0.25, 0.3) is 5.69 Å². The first-order chi connectivity index (χ1) is 8.09. The summed E-state index contributed by atoms with van der Waals surface area (Å²) in [6.07, 6.45) is 1.01. The molecule has 0 radical (unpaired) electrons. The first-order valence-corrected chi connectivity index (χ1v) is 5.32. The largest absolute Gasteiger partial charge is 0.392 e. The Kier molecular flexibility index (Phi) is 5.31. The van der Waals surface area contributed by atoms with Crippen LogP contribution in [-0.2, 0) is 0 Å². The van der Waals surface area contributed by atoms with E-state index in [0.29, 0.717) is 25.5 Å². The molecule has 17 heavy (non-hydrogen) atoms. The first kappa shape index (κ1) is 13.3. The normalized spacial score (nSPS) is 12.1. The molecular weight excluding hydrogens is 224 g/mol. The number of aliphatic hydroxyl groups excluding tert-OH is 1. The van der Waals surface area contributed by atoms with E-state index in [1.807, 2.05) is 0 Å². The standard InChI is InChI=1S/C10H16N4O3/c1-8(15)7-11-4-5-13-10-6-9(14(16)17)2-3-12-10/h2-3,6,8,11,15H,4-5,7H2,1H3,(H,12,13). The Labute approximate surface area is 99.0 Å². The van der Waals surface area contributed by atoms with E-state index in [4.69, 9.17) is 5.11 Å². The number of nitro groups is 1. The Balaban J connectivity index is 2.31. The SMILES string of the molecule is CC(O)CNCCNc1cc([N+](=O)[O-])ccn1. The number of hydrogen-bond donors (Lipinski definition) is 3. The third kappa shape index (κ3) is 5.23. The van der Waals surface area contributed by atoms with Gasteiger partial charge in [0.2, 0.25) is 0 Å². The number of rotatable bonds is 7. The molecule has 7 heteroatoms. The molecule has 0 saturated heterocycles. The van der Waals surface area contributed by atoms with Crippen LogP contribution in [0.25, 0.3) is 0 Å². The Hall–Kier alpha value is -1.73. The number of nitrogens with one attached hydrogen (secondary N) is 2. The van der Waals surface area contributed by atoms with Crippen molar-refractivity contribution in [2.75, 3.05) is 25.0 Å². The van der Waals surface area contributed by atoms with Gasteiger partial charge in [-0.25, -0.2) is 4.98 Å². The molecule has 1 atom stereocenters. The van der Waals surface area contributed by atoms with Crippen molar-refractivity contribution in [1.29, 1.82) is 0 Å². The van der Waals surface area contributed by atoms with Gasteiger partial charge in [-0.2, -0.15) is 0 Å². The van der Waals surface area contributed by atoms with Crippen molar-refractivity contribution in [3.05, 3.63) is 28.4 Å². The number of anilines is 1. The minimum atomic E-state index is -0.460. The summed E-state index contributed by atoms with van der Waals surface area (Å²) in [5.74, 6) is 0.470. The Morgan fingerprint density at radius 3 is 3.00 bits per heavy atom. The number of aliphatic hydroxyl groups is 1. The highest BCUT2D eigenvalue weighted by Crippen LogP contribution is 2.13. The van der Waals surface area contributed by atoms with E-state index in [1.165, 1.54) is 18.3 Å². The molecule has 1 heterocycles. The van der Waals surface area contributed by atoms with E-state index in [1.54, 1.807) is 6.92 Å². The van der Waals surface area contributed by atoms with Crippen LogP contribution < -0.4 is 10.6 Å². The van der Waals surface area contributed by atoms with Gasteiger partial charge in [0.15, 0.2) is 0 Å². The fourth-order valence-corrected chi connectivity index (χ4v) is 1.22. The fraction of sp³-hybridized carbons (Fsp3) is 0.500. The van der Waals surface area contributed by atoms with Crippen LogP contribution in [0.15, 0.2) is 18.3 Å². The quantitative estimate of drug-likeness (QED) is 0.362. The second-order valence-corrected chi connectivity index (χ2v) is 3.64. The molecule has 0 aliphatic rings. The average Bonchev–Trinajstić information content (AvgIpc) is 2.28. The molecule has 0 aliphatic heterocycles. The topological polar surface area (TPSA) is 100 Å². The monoisotopic (exact) mass is 240 g/mol. The van der Waals surface area contributed by atoms with E-state index >= 15 is 0 Å². The van der Waals surface area contributed by atoms with E-state index in [2.05, 4.69) is 15.6 Å². The maximum atomic E-state index is 10.5. The molecule has 0 fully saturated rings. The lowest BCUT2D eigenvalue weighted by atomic mass is 10.4. The first-order valence-electron chi connectivity index (χ1n) is 5.32. The maximum absolute atomic E-state index is 10.5. The lowest BCUT2D eigenvalue weighted by Crippen LogP contribution is -2.29. The predicted octanol–water partition coefficient (Wildman–Crippen LogP) is 0.372. The number of hydrogen-bond acceptors (Lipinski definition) is 6. The van der Waals surface area contributed by atoms with E-state index in [-0.39, 0.29) is 11.8 Å². The van der Waals surface area contributed by atoms with Crippen molar-refractivity contribution in [1.82, 2.24) is 10.3 Å².